The maximum atomic E-state index is 12.0. The van der Waals surface area contributed by atoms with Gasteiger partial charge in [-0.1, -0.05) is 41.7 Å². The van der Waals surface area contributed by atoms with E-state index in [4.69, 9.17) is 0 Å². The van der Waals surface area contributed by atoms with E-state index < -0.39 is 6.10 Å². The van der Waals surface area contributed by atoms with Crippen LogP contribution >= 0.6 is 11.3 Å². The maximum absolute atomic E-state index is 12.0. The van der Waals surface area contributed by atoms with E-state index in [0.717, 1.165) is 10.4 Å². The van der Waals surface area contributed by atoms with Crippen LogP contribution in [0.5, 0.6) is 0 Å². The Hall–Kier alpha value is -1.92. The first-order valence-corrected chi connectivity index (χ1v) is 7.59. The number of urea groups is 1. The van der Waals surface area contributed by atoms with Crippen LogP contribution in [0.25, 0.3) is 10.4 Å². The molecule has 112 valence electrons. The van der Waals surface area contributed by atoms with Crippen LogP contribution in [0.2, 0.25) is 0 Å². The van der Waals surface area contributed by atoms with Crippen LogP contribution in [0.15, 0.2) is 36.5 Å². The monoisotopic (exact) mass is 305 g/mol. The van der Waals surface area contributed by atoms with Crippen molar-refractivity contribution in [2.24, 2.45) is 0 Å². The van der Waals surface area contributed by atoms with E-state index in [1.807, 2.05) is 30.3 Å². The molecule has 0 spiro atoms. The summed E-state index contributed by atoms with van der Waals surface area (Å²) in [7, 11) is 1.70. The number of aliphatic hydroxyl groups is 1. The fourth-order valence-corrected chi connectivity index (χ4v) is 2.55. The highest BCUT2D eigenvalue weighted by atomic mass is 32.1. The van der Waals surface area contributed by atoms with Crippen molar-refractivity contribution < 1.29 is 9.90 Å². The second-order valence-corrected chi connectivity index (χ2v) is 5.92. The van der Waals surface area contributed by atoms with Gasteiger partial charge in [-0.2, -0.15) is 0 Å². The quantitative estimate of drug-likeness (QED) is 0.892. The highest BCUT2D eigenvalue weighted by Gasteiger charge is 2.12. The van der Waals surface area contributed by atoms with Gasteiger partial charge in [-0.25, -0.2) is 9.78 Å². The molecule has 0 saturated heterocycles. The number of hydrogen-bond donors (Lipinski definition) is 2. The first-order chi connectivity index (χ1) is 10.1. The number of aromatic nitrogens is 1. The molecule has 1 aromatic heterocycles. The number of benzene rings is 1. The van der Waals surface area contributed by atoms with Gasteiger partial charge >= 0.3 is 6.03 Å². The van der Waals surface area contributed by atoms with Crippen molar-refractivity contribution in [3.63, 3.8) is 0 Å². The van der Waals surface area contributed by atoms with Crippen LogP contribution in [0, 0.1) is 0 Å². The molecule has 1 aromatic carbocycles. The summed E-state index contributed by atoms with van der Waals surface area (Å²) in [4.78, 5) is 18.7. The molecule has 1 heterocycles. The summed E-state index contributed by atoms with van der Waals surface area (Å²) in [5.74, 6) is 0. The lowest BCUT2D eigenvalue weighted by molar-refractivity contribution is 0.167. The molecule has 1 unspecified atom stereocenters. The highest BCUT2D eigenvalue weighted by Crippen LogP contribution is 2.28. The molecule has 5 nitrogen and oxygen atoms in total. The number of aliphatic hydroxyl groups excluding tert-OH is 1. The summed E-state index contributed by atoms with van der Waals surface area (Å²) in [6.45, 7) is 2.21. The third kappa shape index (κ3) is 4.54. The Morgan fingerprint density at radius 2 is 2.14 bits per heavy atom. The van der Waals surface area contributed by atoms with E-state index in [-0.39, 0.29) is 6.03 Å². The highest BCUT2D eigenvalue weighted by molar-refractivity contribution is 7.19. The number of nitrogens with one attached hydrogen (secondary N) is 1. The van der Waals surface area contributed by atoms with Gasteiger partial charge < -0.3 is 10.0 Å². The van der Waals surface area contributed by atoms with Gasteiger partial charge in [0.25, 0.3) is 0 Å². The summed E-state index contributed by atoms with van der Waals surface area (Å²) < 4.78 is 0. The number of carbonyl (C=O) groups is 1. The van der Waals surface area contributed by atoms with Gasteiger partial charge in [0, 0.05) is 19.8 Å². The minimum Gasteiger partial charge on any atom is -0.393 e. The Balaban J connectivity index is 1.95. The molecule has 1 atom stereocenters. The second-order valence-electron chi connectivity index (χ2n) is 4.89. The molecular weight excluding hydrogens is 286 g/mol. The van der Waals surface area contributed by atoms with Crippen LogP contribution in [0.1, 0.15) is 13.3 Å². The smallest absolute Gasteiger partial charge is 0.323 e. The SMILES string of the molecule is CC(O)CCN(C)C(=O)Nc1ncc(-c2ccccc2)s1. The number of hydrogen-bond acceptors (Lipinski definition) is 4. The number of anilines is 1. The van der Waals surface area contributed by atoms with Crippen molar-refractivity contribution in [1.29, 1.82) is 0 Å². The Morgan fingerprint density at radius 3 is 2.81 bits per heavy atom. The van der Waals surface area contributed by atoms with E-state index in [1.165, 1.54) is 16.2 Å². The number of amides is 2. The molecule has 0 saturated carbocycles. The molecule has 2 amide bonds. The molecule has 0 aliphatic heterocycles. The zero-order valence-corrected chi connectivity index (χ0v) is 12.9. The van der Waals surface area contributed by atoms with Gasteiger partial charge in [-0.3, -0.25) is 5.32 Å². The molecule has 0 aliphatic rings. The normalized spacial score (nSPS) is 12.0. The lowest BCUT2D eigenvalue weighted by atomic mass is 10.2. The van der Waals surface area contributed by atoms with Gasteiger partial charge in [0.15, 0.2) is 5.13 Å². The molecule has 2 N–H and O–H groups in total. The summed E-state index contributed by atoms with van der Waals surface area (Å²) in [6, 6.07) is 9.70. The Morgan fingerprint density at radius 1 is 1.43 bits per heavy atom. The zero-order chi connectivity index (χ0) is 15.2. The van der Waals surface area contributed by atoms with Gasteiger partial charge in [0.1, 0.15) is 0 Å². The summed E-state index contributed by atoms with van der Waals surface area (Å²) in [5.41, 5.74) is 1.08. The van der Waals surface area contributed by atoms with E-state index >= 15 is 0 Å². The molecule has 0 bridgehead atoms. The lowest BCUT2D eigenvalue weighted by Gasteiger charge is -2.17. The summed E-state index contributed by atoms with van der Waals surface area (Å²) in [5, 5.41) is 12.6. The molecular formula is C15H19N3O2S. The van der Waals surface area contributed by atoms with E-state index in [0.29, 0.717) is 18.1 Å². The standard InChI is InChI=1S/C15H19N3O2S/c1-11(19)8-9-18(2)15(20)17-14-16-10-13(21-14)12-6-4-3-5-7-12/h3-7,10-11,19H,8-9H2,1-2H3,(H,16,17,20). The largest absolute Gasteiger partial charge is 0.393 e. The van der Waals surface area contributed by atoms with Gasteiger partial charge in [-0.05, 0) is 18.9 Å². The topological polar surface area (TPSA) is 65.5 Å². The number of nitrogens with zero attached hydrogens (tertiary/aromatic N) is 2. The molecule has 21 heavy (non-hydrogen) atoms. The van der Waals surface area contributed by atoms with Crippen molar-refractivity contribution in [2.45, 2.75) is 19.4 Å². The number of thiazole rings is 1. The third-order valence-electron chi connectivity index (χ3n) is 3.01. The fourth-order valence-electron chi connectivity index (χ4n) is 1.74. The Kier molecular flexibility index (Phi) is 5.30. The van der Waals surface area contributed by atoms with Crippen molar-refractivity contribution in [1.82, 2.24) is 9.88 Å². The molecule has 6 heteroatoms. The Labute approximate surface area is 128 Å². The maximum Gasteiger partial charge on any atom is 0.323 e. The van der Waals surface area contributed by atoms with Crippen molar-refractivity contribution in [3.8, 4) is 10.4 Å². The first-order valence-electron chi connectivity index (χ1n) is 6.77. The minimum absolute atomic E-state index is 0.218. The average molecular weight is 305 g/mol. The molecule has 0 radical (unpaired) electrons. The van der Waals surface area contributed by atoms with E-state index in [1.54, 1.807) is 20.2 Å². The zero-order valence-electron chi connectivity index (χ0n) is 12.1. The molecule has 2 rings (SSSR count). The van der Waals surface area contributed by atoms with Crippen LogP contribution in [0.3, 0.4) is 0 Å². The number of carbonyl (C=O) groups excluding carboxylic acids is 1. The minimum atomic E-state index is -0.412. The van der Waals surface area contributed by atoms with E-state index in [2.05, 4.69) is 10.3 Å². The van der Waals surface area contributed by atoms with Gasteiger partial charge in [0.05, 0.1) is 11.0 Å². The summed E-state index contributed by atoms with van der Waals surface area (Å²) in [6.07, 6.45) is 1.90. The lowest BCUT2D eigenvalue weighted by Crippen LogP contribution is -2.33. The second kappa shape index (κ2) is 7.19. The van der Waals surface area contributed by atoms with Crippen molar-refractivity contribution >= 4 is 22.5 Å². The first kappa shape index (κ1) is 15.5. The van der Waals surface area contributed by atoms with Gasteiger partial charge in [0.2, 0.25) is 0 Å². The van der Waals surface area contributed by atoms with E-state index in [9.17, 15) is 9.90 Å². The summed E-state index contributed by atoms with van der Waals surface area (Å²) >= 11 is 1.44. The fraction of sp³-hybridized carbons (Fsp3) is 0.333. The van der Waals surface area contributed by atoms with Crippen LogP contribution < -0.4 is 5.32 Å². The van der Waals surface area contributed by atoms with Crippen molar-refractivity contribution in [3.05, 3.63) is 36.5 Å². The molecule has 2 aromatic rings. The average Bonchev–Trinajstić information content (AvgIpc) is 2.94. The molecule has 0 fully saturated rings. The Bertz CT molecular complexity index is 584. The van der Waals surface area contributed by atoms with Crippen LogP contribution in [0.4, 0.5) is 9.93 Å². The van der Waals surface area contributed by atoms with Crippen LogP contribution in [-0.2, 0) is 0 Å². The third-order valence-corrected chi connectivity index (χ3v) is 3.97. The van der Waals surface area contributed by atoms with Crippen molar-refractivity contribution in [2.75, 3.05) is 18.9 Å². The molecule has 0 aliphatic carbocycles. The predicted molar refractivity (Wildman–Crippen MR) is 85.5 cm³/mol. The predicted octanol–water partition coefficient (Wildman–Crippen LogP) is 3.04. The van der Waals surface area contributed by atoms with Gasteiger partial charge in [-0.15, -0.1) is 0 Å². The number of rotatable bonds is 5. The van der Waals surface area contributed by atoms with Crippen LogP contribution in [-0.4, -0.2) is 40.7 Å².